The van der Waals surface area contributed by atoms with E-state index in [2.05, 4.69) is 0 Å². The minimum atomic E-state index is -1.08. The van der Waals surface area contributed by atoms with Gasteiger partial charge in [-0.3, -0.25) is 14.3 Å². The number of H-pyrrole nitrogens is 1. The first kappa shape index (κ1) is 19.8. The van der Waals surface area contributed by atoms with E-state index in [0.717, 1.165) is 16.3 Å². The molecule has 0 saturated carbocycles. The maximum absolute atomic E-state index is 13.7. The van der Waals surface area contributed by atoms with Gasteiger partial charge in [-0.2, -0.15) is 4.39 Å². The van der Waals surface area contributed by atoms with Crippen molar-refractivity contribution in [3.63, 3.8) is 0 Å². The Hall–Kier alpha value is -2.53. The number of fused-ring (bicyclic) bond motifs is 1. The molecule has 9 nitrogen and oxygen atoms in total. The number of nitrogens with one attached hydrogen (secondary N) is 1. The summed E-state index contributed by atoms with van der Waals surface area (Å²) in [5.74, 6) is -0.437. The third-order valence-corrected chi connectivity index (χ3v) is 4.85. The SMILES string of the molecule is CCOCOc1ccc(C2O[C@@H]3[C@H](O2)[C@@H](C)O[C@H]3n2cc(F)c(=O)[nH]c2=O)cc1. The van der Waals surface area contributed by atoms with Gasteiger partial charge in [0, 0.05) is 12.2 Å². The number of nitrogens with zero attached hydrogens (tertiary/aromatic N) is 1. The standard InChI is InChI=1S/C19H21FN2O7/c1-3-25-9-26-12-6-4-11(5-7-12)18-28-14-10(2)27-17(15(14)29-18)22-8-13(20)16(23)21-19(22)24/h4-8,10,14-15,17-18H,3,9H2,1-2H3,(H,21,23,24)/t10-,14-,15-,17-,18?/m1/s1. The summed E-state index contributed by atoms with van der Waals surface area (Å²) in [5.41, 5.74) is -1.10. The highest BCUT2D eigenvalue weighted by atomic mass is 19.1. The number of halogens is 1. The first-order chi connectivity index (χ1) is 14.0. The van der Waals surface area contributed by atoms with E-state index in [0.29, 0.717) is 12.4 Å². The zero-order valence-electron chi connectivity index (χ0n) is 15.9. The molecular formula is C19H21FN2O7. The van der Waals surface area contributed by atoms with Crippen molar-refractivity contribution in [2.75, 3.05) is 13.4 Å². The van der Waals surface area contributed by atoms with Crippen molar-refractivity contribution in [1.82, 2.24) is 9.55 Å². The van der Waals surface area contributed by atoms with Crippen LogP contribution in [-0.4, -0.2) is 41.3 Å². The number of hydrogen-bond acceptors (Lipinski definition) is 7. The number of rotatable bonds is 6. The van der Waals surface area contributed by atoms with Gasteiger partial charge < -0.3 is 23.7 Å². The molecule has 1 aromatic heterocycles. The monoisotopic (exact) mass is 408 g/mol. The zero-order chi connectivity index (χ0) is 20.5. The molecule has 4 rings (SSSR count). The Morgan fingerprint density at radius 3 is 2.59 bits per heavy atom. The van der Waals surface area contributed by atoms with Crippen molar-refractivity contribution in [3.8, 4) is 5.75 Å². The molecule has 0 radical (unpaired) electrons. The Morgan fingerprint density at radius 2 is 1.86 bits per heavy atom. The molecular weight excluding hydrogens is 387 g/mol. The summed E-state index contributed by atoms with van der Waals surface area (Å²) < 4.78 is 43.0. The van der Waals surface area contributed by atoms with Gasteiger partial charge >= 0.3 is 5.69 Å². The van der Waals surface area contributed by atoms with Crippen LogP contribution in [0.15, 0.2) is 40.1 Å². The molecule has 2 aliphatic rings. The summed E-state index contributed by atoms with van der Waals surface area (Å²) >= 11 is 0. The number of hydrogen-bond donors (Lipinski definition) is 1. The largest absolute Gasteiger partial charge is 0.468 e. The lowest BCUT2D eigenvalue weighted by Gasteiger charge is -2.20. The quantitative estimate of drug-likeness (QED) is 0.570. The Labute approximate surface area is 164 Å². The summed E-state index contributed by atoms with van der Waals surface area (Å²) in [4.78, 5) is 25.3. The van der Waals surface area contributed by atoms with Crippen LogP contribution in [0.5, 0.6) is 5.75 Å². The molecule has 29 heavy (non-hydrogen) atoms. The van der Waals surface area contributed by atoms with E-state index in [9.17, 15) is 14.0 Å². The highest BCUT2D eigenvalue weighted by Crippen LogP contribution is 2.43. The second-order valence-corrected chi connectivity index (χ2v) is 6.73. The molecule has 2 aromatic rings. The smallest absolute Gasteiger partial charge is 0.330 e. The lowest BCUT2D eigenvalue weighted by molar-refractivity contribution is -0.145. The van der Waals surface area contributed by atoms with Crippen molar-refractivity contribution >= 4 is 0 Å². The average molecular weight is 408 g/mol. The third kappa shape index (κ3) is 3.84. The van der Waals surface area contributed by atoms with Crippen LogP contribution < -0.4 is 16.0 Å². The van der Waals surface area contributed by atoms with Gasteiger partial charge in [-0.05, 0) is 26.0 Å². The first-order valence-electron chi connectivity index (χ1n) is 9.25. The van der Waals surface area contributed by atoms with Crippen LogP contribution in [0, 0.1) is 5.82 Å². The fourth-order valence-electron chi connectivity index (χ4n) is 3.40. The molecule has 1 N–H and O–H groups in total. The Morgan fingerprint density at radius 1 is 1.14 bits per heavy atom. The minimum absolute atomic E-state index is 0.164. The van der Waals surface area contributed by atoms with E-state index in [1.54, 1.807) is 31.2 Å². The summed E-state index contributed by atoms with van der Waals surface area (Å²) in [6, 6.07) is 7.15. The molecule has 2 fully saturated rings. The lowest BCUT2D eigenvalue weighted by Crippen LogP contribution is -2.38. The van der Waals surface area contributed by atoms with Gasteiger partial charge in [0.15, 0.2) is 19.3 Å². The molecule has 0 amide bonds. The molecule has 0 aliphatic carbocycles. The fourth-order valence-corrected chi connectivity index (χ4v) is 3.40. The lowest BCUT2D eigenvalue weighted by atomic mass is 10.1. The molecule has 3 heterocycles. The zero-order valence-corrected chi connectivity index (χ0v) is 15.9. The van der Waals surface area contributed by atoms with Gasteiger partial charge in [-0.1, -0.05) is 12.1 Å². The normalized spacial score (nSPS) is 28.4. The Balaban J connectivity index is 1.51. The van der Waals surface area contributed by atoms with Crippen molar-refractivity contribution < 1.29 is 28.1 Å². The van der Waals surface area contributed by atoms with Gasteiger partial charge in [-0.15, -0.1) is 0 Å². The molecule has 1 aromatic carbocycles. The van der Waals surface area contributed by atoms with E-state index in [-0.39, 0.29) is 6.79 Å². The molecule has 2 saturated heterocycles. The van der Waals surface area contributed by atoms with E-state index in [1.165, 1.54) is 0 Å². The molecule has 0 spiro atoms. The second kappa shape index (κ2) is 8.07. The van der Waals surface area contributed by atoms with Crippen molar-refractivity contribution in [3.05, 3.63) is 62.7 Å². The fraction of sp³-hybridized carbons (Fsp3) is 0.474. The van der Waals surface area contributed by atoms with E-state index in [1.807, 2.05) is 11.9 Å². The molecule has 1 unspecified atom stereocenters. The predicted molar refractivity (Wildman–Crippen MR) is 96.9 cm³/mol. The Kier molecular flexibility index (Phi) is 5.50. The number of aromatic nitrogens is 2. The van der Waals surface area contributed by atoms with Gasteiger partial charge in [0.2, 0.25) is 5.82 Å². The third-order valence-electron chi connectivity index (χ3n) is 4.85. The summed E-state index contributed by atoms with van der Waals surface area (Å²) in [6.07, 6.45) is -2.28. The number of benzene rings is 1. The maximum atomic E-state index is 13.7. The van der Waals surface area contributed by atoms with Crippen LogP contribution in [0.2, 0.25) is 0 Å². The van der Waals surface area contributed by atoms with Crippen LogP contribution >= 0.6 is 0 Å². The average Bonchev–Trinajstić information content (AvgIpc) is 3.26. The highest BCUT2D eigenvalue weighted by Gasteiger charge is 2.52. The predicted octanol–water partition coefficient (Wildman–Crippen LogP) is 1.45. The van der Waals surface area contributed by atoms with Gasteiger partial charge in [0.05, 0.1) is 12.3 Å². The van der Waals surface area contributed by atoms with E-state index >= 15 is 0 Å². The molecule has 5 atom stereocenters. The van der Waals surface area contributed by atoms with Crippen LogP contribution in [0.25, 0.3) is 0 Å². The molecule has 0 bridgehead atoms. The van der Waals surface area contributed by atoms with E-state index < -0.39 is 47.9 Å². The van der Waals surface area contributed by atoms with Crippen molar-refractivity contribution in [1.29, 1.82) is 0 Å². The van der Waals surface area contributed by atoms with Gasteiger partial charge in [-0.25, -0.2) is 4.79 Å². The topological polar surface area (TPSA) is 101 Å². The summed E-state index contributed by atoms with van der Waals surface area (Å²) in [5, 5.41) is 0. The van der Waals surface area contributed by atoms with Crippen molar-refractivity contribution in [2.45, 2.75) is 44.7 Å². The summed E-state index contributed by atoms with van der Waals surface area (Å²) in [7, 11) is 0. The second-order valence-electron chi connectivity index (χ2n) is 6.73. The number of aromatic amines is 1. The molecule has 2 aliphatic heterocycles. The first-order valence-corrected chi connectivity index (χ1v) is 9.25. The summed E-state index contributed by atoms with van der Waals surface area (Å²) in [6.45, 7) is 4.39. The molecule has 156 valence electrons. The maximum Gasteiger partial charge on any atom is 0.330 e. The van der Waals surface area contributed by atoms with Crippen LogP contribution in [0.1, 0.15) is 31.9 Å². The highest BCUT2D eigenvalue weighted by molar-refractivity contribution is 5.28. The van der Waals surface area contributed by atoms with Crippen LogP contribution in [-0.2, 0) is 18.9 Å². The van der Waals surface area contributed by atoms with E-state index in [4.69, 9.17) is 23.7 Å². The number of ether oxygens (including phenoxy) is 5. The van der Waals surface area contributed by atoms with Crippen LogP contribution in [0.3, 0.4) is 0 Å². The minimum Gasteiger partial charge on any atom is -0.468 e. The van der Waals surface area contributed by atoms with Crippen molar-refractivity contribution in [2.24, 2.45) is 0 Å². The van der Waals surface area contributed by atoms with Gasteiger partial charge in [0.1, 0.15) is 18.0 Å². The Bertz CT molecular complexity index is 974. The van der Waals surface area contributed by atoms with Crippen LogP contribution in [0.4, 0.5) is 4.39 Å². The van der Waals surface area contributed by atoms with Gasteiger partial charge in [0.25, 0.3) is 5.56 Å². The molecule has 10 heteroatoms.